The highest BCUT2D eigenvalue weighted by molar-refractivity contribution is 6.17. The van der Waals surface area contributed by atoms with E-state index in [1.165, 1.54) is 38.5 Å². The monoisotopic (exact) mass is 212 g/mol. The molecular weight excluding hydrogens is 192 g/mol. The quantitative estimate of drug-likeness (QED) is 0.369. The van der Waals surface area contributed by atoms with Gasteiger partial charge in [0, 0.05) is 5.88 Å². The fourth-order valence-electron chi connectivity index (χ4n) is 3.44. The first-order valence-electron chi connectivity index (χ1n) is 6.06. The molecule has 0 aromatic rings. The maximum absolute atomic E-state index is 5.70. The number of alkyl halides is 1. The summed E-state index contributed by atoms with van der Waals surface area (Å²) in [4.78, 5) is 0. The fourth-order valence-corrected chi connectivity index (χ4v) is 3.63. The van der Waals surface area contributed by atoms with Crippen molar-refractivity contribution in [2.24, 2.45) is 17.8 Å². The van der Waals surface area contributed by atoms with Gasteiger partial charge < -0.3 is 0 Å². The standard InChI is InChI=1S/C13H21Cl/c1-2-10-7-13-9-12(10)8-11(13)5-3-4-6-14/h2,11-13H,3-9H2,1H3/b10-2+. The average Bonchev–Trinajstić information content (AvgIpc) is 2.76. The van der Waals surface area contributed by atoms with Crippen LogP contribution in [0.4, 0.5) is 0 Å². The molecule has 0 amide bonds. The van der Waals surface area contributed by atoms with Gasteiger partial charge in [0.05, 0.1) is 0 Å². The Morgan fingerprint density at radius 2 is 2.21 bits per heavy atom. The molecule has 2 aliphatic rings. The van der Waals surface area contributed by atoms with Gasteiger partial charge in [-0.25, -0.2) is 0 Å². The van der Waals surface area contributed by atoms with E-state index >= 15 is 0 Å². The van der Waals surface area contributed by atoms with E-state index in [0.29, 0.717) is 0 Å². The van der Waals surface area contributed by atoms with Gasteiger partial charge in [-0.1, -0.05) is 24.5 Å². The van der Waals surface area contributed by atoms with Crippen LogP contribution in [0.15, 0.2) is 11.6 Å². The Balaban J connectivity index is 1.79. The molecule has 0 aliphatic heterocycles. The molecule has 14 heavy (non-hydrogen) atoms. The van der Waals surface area contributed by atoms with Crippen molar-refractivity contribution < 1.29 is 0 Å². The summed E-state index contributed by atoms with van der Waals surface area (Å²) in [5, 5.41) is 0. The molecule has 0 saturated heterocycles. The highest BCUT2D eigenvalue weighted by Crippen LogP contribution is 2.52. The number of hydrogen-bond acceptors (Lipinski definition) is 0. The second kappa shape index (κ2) is 4.70. The number of halogens is 1. The van der Waals surface area contributed by atoms with Crippen molar-refractivity contribution in [2.45, 2.75) is 45.4 Å². The van der Waals surface area contributed by atoms with Gasteiger partial charge in [-0.2, -0.15) is 0 Å². The lowest BCUT2D eigenvalue weighted by atomic mass is 9.83. The molecule has 2 bridgehead atoms. The molecule has 1 heteroatoms. The van der Waals surface area contributed by atoms with Crippen LogP contribution in [-0.2, 0) is 0 Å². The number of rotatable bonds is 4. The van der Waals surface area contributed by atoms with Crippen LogP contribution in [0.25, 0.3) is 0 Å². The number of fused-ring (bicyclic) bond motifs is 2. The largest absolute Gasteiger partial charge is 0.127 e. The lowest BCUT2D eigenvalue weighted by Gasteiger charge is -2.23. The smallest absolute Gasteiger partial charge is 0.0223 e. The molecular formula is C13H21Cl. The van der Waals surface area contributed by atoms with Crippen LogP contribution in [0, 0.1) is 17.8 Å². The topological polar surface area (TPSA) is 0 Å². The van der Waals surface area contributed by atoms with Crippen LogP contribution in [0.3, 0.4) is 0 Å². The van der Waals surface area contributed by atoms with E-state index in [2.05, 4.69) is 13.0 Å². The van der Waals surface area contributed by atoms with E-state index in [0.717, 1.165) is 23.6 Å². The summed E-state index contributed by atoms with van der Waals surface area (Å²) in [7, 11) is 0. The van der Waals surface area contributed by atoms with Gasteiger partial charge >= 0.3 is 0 Å². The van der Waals surface area contributed by atoms with E-state index < -0.39 is 0 Å². The van der Waals surface area contributed by atoms with Crippen molar-refractivity contribution in [1.82, 2.24) is 0 Å². The average molecular weight is 213 g/mol. The molecule has 3 atom stereocenters. The third-order valence-corrected chi connectivity index (χ3v) is 4.46. The van der Waals surface area contributed by atoms with Gasteiger partial charge in [-0.15, -0.1) is 11.6 Å². The summed E-state index contributed by atoms with van der Waals surface area (Å²) in [6, 6.07) is 0. The van der Waals surface area contributed by atoms with Crippen LogP contribution < -0.4 is 0 Å². The summed E-state index contributed by atoms with van der Waals surface area (Å²) in [5.74, 6) is 3.88. The zero-order valence-corrected chi connectivity index (χ0v) is 9.89. The first kappa shape index (κ1) is 10.5. The predicted octanol–water partition coefficient (Wildman–Crippen LogP) is 4.39. The molecule has 2 saturated carbocycles. The lowest BCUT2D eigenvalue weighted by Crippen LogP contribution is -2.11. The number of hydrogen-bond donors (Lipinski definition) is 0. The maximum atomic E-state index is 5.70. The molecule has 2 aliphatic carbocycles. The summed E-state index contributed by atoms with van der Waals surface area (Å²) in [6.45, 7) is 2.21. The van der Waals surface area contributed by atoms with Crippen LogP contribution in [0.2, 0.25) is 0 Å². The minimum Gasteiger partial charge on any atom is -0.127 e. The maximum Gasteiger partial charge on any atom is 0.0223 e. The summed E-state index contributed by atoms with van der Waals surface area (Å²) in [5.41, 5.74) is 1.75. The molecule has 0 aromatic carbocycles. The molecule has 0 N–H and O–H groups in total. The highest BCUT2D eigenvalue weighted by atomic mass is 35.5. The van der Waals surface area contributed by atoms with Gasteiger partial charge in [0.25, 0.3) is 0 Å². The van der Waals surface area contributed by atoms with Crippen LogP contribution in [-0.4, -0.2) is 5.88 Å². The Kier molecular flexibility index (Phi) is 3.54. The highest BCUT2D eigenvalue weighted by Gasteiger charge is 2.41. The lowest BCUT2D eigenvalue weighted by molar-refractivity contribution is 0.339. The Morgan fingerprint density at radius 3 is 2.79 bits per heavy atom. The normalized spacial score (nSPS) is 38.4. The minimum absolute atomic E-state index is 0.848. The molecule has 0 radical (unpaired) electrons. The molecule has 0 spiro atoms. The third kappa shape index (κ3) is 2.00. The van der Waals surface area contributed by atoms with Gasteiger partial charge in [-0.3, -0.25) is 0 Å². The van der Waals surface area contributed by atoms with Crippen molar-refractivity contribution in [2.75, 3.05) is 5.88 Å². The Bertz CT molecular complexity index is 219. The molecule has 0 aromatic heterocycles. The van der Waals surface area contributed by atoms with Crippen molar-refractivity contribution in [3.8, 4) is 0 Å². The molecule has 2 rings (SSSR count). The van der Waals surface area contributed by atoms with E-state index in [9.17, 15) is 0 Å². The second-order valence-corrected chi connectivity index (χ2v) is 5.32. The summed E-state index contributed by atoms with van der Waals surface area (Å²) < 4.78 is 0. The number of unbranched alkanes of at least 4 members (excludes halogenated alkanes) is 1. The van der Waals surface area contributed by atoms with E-state index in [4.69, 9.17) is 11.6 Å². The van der Waals surface area contributed by atoms with Gasteiger partial charge in [0.15, 0.2) is 0 Å². The molecule has 0 nitrogen and oxygen atoms in total. The Labute approximate surface area is 92.7 Å². The summed E-state index contributed by atoms with van der Waals surface area (Å²) >= 11 is 5.70. The van der Waals surface area contributed by atoms with E-state index in [1.807, 2.05) is 0 Å². The zero-order valence-electron chi connectivity index (χ0n) is 9.14. The van der Waals surface area contributed by atoms with Crippen molar-refractivity contribution in [1.29, 1.82) is 0 Å². The van der Waals surface area contributed by atoms with E-state index in [1.54, 1.807) is 5.57 Å². The SMILES string of the molecule is C/C=C1\CC2CC1CC2CCCCCl. The van der Waals surface area contributed by atoms with Gasteiger partial charge in [-0.05, 0) is 50.4 Å². The summed E-state index contributed by atoms with van der Waals surface area (Å²) in [6.07, 6.45) is 10.7. The fraction of sp³-hybridized carbons (Fsp3) is 0.846. The van der Waals surface area contributed by atoms with Crippen LogP contribution in [0.5, 0.6) is 0 Å². The zero-order chi connectivity index (χ0) is 9.97. The Morgan fingerprint density at radius 1 is 1.36 bits per heavy atom. The number of allylic oxidation sites excluding steroid dienone is 2. The van der Waals surface area contributed by atoms with Crippen molar-refractivity contribution in [3.05, 3.63) is 11.6 Å². The van der Waals surface area contributed by atoms with Gasteiger partial charge in [0.2, 0.25) is 0 Å². The van der Waals surface area contributed by atoms with Crippen molar-refractivity contribution >= 4 is 11.6 Å². The van der Waals surface area contributed by atoms with E-state index in [-0.39, 0.29) is 0 Å². The second-order valence-electron chi connectivity index (χ2n) is 4.94. The first-order valence-corrected chi connectivity index (χ1v) is 6.59. The molecule has 2 fully saturated rings. The van der Waals surface area contributed by atoms with Crippen LogP contribution >= 0.6 is 11.6 Å². The first-order chi connectivity index (χ1) is 6.85. The van der Waals surface area contributed by atoms with Crippen LogP contribution in [0.1, 0.15) is 45.4 Å². The molecule has 0 heterocycles. The van der Waals surface area contributed by atoms with Gasteiger partial charge in [0.1, 0.15) is 0 Å². The molecule has 80 valence electrons. The minimum atomic E-state index is 0.848. The molecule has 3 unspecified atom stereocenters. The Hall–Kier alpha value is 0.0300. The predicted molar refractivity (Wildman–Crippen MR) is 62.6 cm³/mol. The third-order valence-electron chi connectivity index (χ3n) is 4.19. The van der Waals surface area contributed by atoms with Crippen molar-refractivity contribution in [3.63, 3.8) is 0 Å².